The van der Waals surface area contributed by atoms with Gasteiger partial charge in [-0.2, -0.15) is 0 Å². The Morgan fingerprint density at radius 1 is 1.26 bits per heavy atom. The second kappa shape index (κ2) is 7.39. The van der Waals surface area contributed by atoms with Crippen LogP contribution in [0.3, 0.4) is 0 Å². The van der Waals surface area contributed by atoms with Gasteiger partial charge in [0.25, 0.3) is 0 Å². The minimum Gasteiger partial charge on any atom is -0.306 e. The van der Waals surface area contributed by atoms with Crippen LogP contribution in [-0.4, -0.2) is 16.5 Å². The van der Waals surface area contributed by atoms with Crippen LogP contribution in [0.1, 0.15) is 63.0 Å². The van der Waals surface area contributed by atoms with Crippen LogP contribution in [0.2, 0.25) is 0 Å². The first kappa shape index (κ1) is 14.2. The van der Waals surface area contributed by atoms with Gasteiger partial charge in [-0.3, -0.25) is 0 Å². The van der Waals surface area contributed by atoms with Crippen molar-refractivity contribution in [1.82, 2.24) is 15.3 Å². The highest BCUT2D eigenvalue weighted by Gasteiger charge is 2.17. The number of nitrogens with one attached hydrogen (secondary N) is 1. The molecule has 0 saturated heterocycles. The lowest BCUT2D eigenvalue weighted by Crippen LogP contribution is -2.24. The molecule has 1 aromatic heterocycles. The van der Waals surface area contributed by atoms with Gasteiger partial charge < -0.3 is 5.32 Å². The summed E-state index contributed by atoms with van der Waals surface area (Å²) in [7, 11) is 0. The summed E-state index contributed by atoms with van der Waals surface area (Å²) in [4.78, 5) is 8.81. The molecule has 19 heavy (non-hydrogen) atoms. The van der Waals surface area contributed by atoms with Crippen molar-refractivity contribution in [3.8, 4) is 0 Å². The Hall–Kier alpha value is -1.22. The Morgan fingerprint density at radius 2 is 2.11 bits per heavy atom. The van der Waals surface area contributed by atoms with Gasteiger partial charge in [0.1, 0.15) is 5.82 Å². The van der Waals surface area contributed by atoms with E-state index in [1.54, 1.807) is 0 Å². The summed E-state index contributed by atoms with van der Waals surface area (Å²) >= 11 is 0. The Balaban J connectivity index is 2.22. The minimum atomic E-state index is 0.268. The summed E-state index contributed by atoms with van der Waals surface area (Å²) in [6.07, 6.45) is 12.1. The quantitative estimate of drug-likeness (QED) is 0.837. The predicted octanol–water partition coefficient (Wildman–Crippen LogP) is 3.72. The van der Waals surface area contributed by atoms with Gasteiger partial charge in [0, 0.05) is 6.20 Å². The molecule has 0 bridgehead atoms. The Labute approximate surface area is 116 Å². The molecule has 1 aromatic rings. The van der Waals surface area contributed by atoms with E-state index in [0.717, 1.165) is 18.1 Å². The zero-order valence-corrected chi connectivity index (χ0v) is 12.2. The molecule has 0 fully saturated rings. The number of hydrogen-bond acceptors (Lipinski definition) is 3. The molecule has 1 aliphatic rings. The fourth-order valence-corrected chi connectivity index (χ4v) is 2.74. The van der Waals surface area contributed by atoms with Gasteiger partial charge in [0.05, 0.1) is 11.7 Å². The van der Waals surface area contributed by atoms with Crippen LogP contribution >= 0.6 is 0 Å². The third-order valence-corrected chi connectivity index (χ3v) is 3.70. The smallest absolute Gasteiger partial charge is 0.125 e. The number of likely N-dealkylation sites (N-methyl/N-ethyl adjacent to an activating group) is 1. The summed E-state index contributed by atoms with van der Waals surface area (Å²) in [5.74, 6) is 0.854. The van der Waals surface area contributed by atoms with Crippen LogP contribution in [-0.2, 0) is 0 Å². The topological polar surface area (TPSA) is 37.8 Å². The lowest BCUT2D eigenvalue weighted by Gasteiger charge is -2.22. The maximum atomic E-state index is 4.61. The number of aryl methyl sites for hydroxylation is 1. The van der Waals surface area contributed by atoms with E-state index in [0.29, 0.717) is 0 Å². The van der Waals surface area contributed by atoms with Crippen LogP contribution in [0.15, 0.2) is 23.9 Å². The van der Waals surface area contributed by atoms with E-state index >= 15 is 0 Å². The average molecular weight is 259 g/mol. The molecule has 0 radical (unpaired) electrons. The molecule has 1 heterocycles. The van der Waals surface area contributed by atoms with Gasteiger partial charge in [-0.25, -0.2) is 9.97 Å². The van der Waals surface area contributed by atoms with Gasteiger partial charge in [-0.05, 0) is 45.2 Å². The highest BCUT2D eigenvalue weighted by Crippen LogP contribution is 2.27. The monoisotopic (exact) mass is 259 g/mol. The van der Waals surface area contributed by atoms with E-state index in [1.807, 2.05) is 19.2 Å². The van der Waals surface area contributed by atoms with Crippen molar-refractivity contribution in [3.05, 3.63) is 35.4 Å². The maximum absolute atomic E-state index is 4.61. The SMILES string of the molecule is CCNC(/C1=C/CCCCCC1)c1ccnc(C)n1. The molecular formula is C16H25N3. The third-order valence-electron chi connectivity index (χ3n) is 3.70. The molecule has 1 N–H and O–H groups in total. The Bertz CT molecular complexity index is 426. The molecule has 104 valence electrons. The van der Waals surface area contributed by atoms with Gasteiger partial charge in [-0.15, -0.1) is 0 Å². The molecular weight excluding hydrogens is 234 g/mol. The molecule has 0 aromatic carbocycles. The molecule has 3 nitrogen and oxygen atoms in total. The second-order valence-corrected chi connectivity index (χ2v) is 5.25. The molecule has 0 aliphatic heterocycles. The summed E-state index contributed by atoms with van der Waals surface area (Å²) in [6.45, 7) is 5.08. The summed E-state index contributed by atoms with van der Waals surface area (Å²) < 4.78 is 0. The molecule has 0 amide bonds. The van der Waals surface area contributed by atoms with E-state index in [4.69, 9.17) is 0 Å². The number of hydrogen-bond donors (Lipinski definition) is 1. The van der Waals surface area contributed by atoms with Gasteiger partial charge in [-0.1, -0.05) is 31.4 Å². The largest absolute Gasteiger partial charge is 0.306 e. The summed E-state index contributed by atoms with van der Waals surface area (Å²) in [5.41, 5.74) is 2.63. The lowest BCUT2D eigenvalue weighted by atomic mass is 9.93. The molecule has 2 rings (SSSR count). The average Bonchev–Trinajstić information content (AvgIpc) is 2.36. The number of aromatic nitrogens is 2. The first-order valence-electron chi connectivity index (χ1n) is 7.53. The van der Waals surface area contributed by atoms with Crippen molar-refractivity contribution in [2.75, 3.05) is 6.54 Å². The standard InChI is InChI=1S/C16H25N3/c1-3-17-16(15-11-12-18-13(2)19-15)14-9-7-5-4-6-8-10-14/h9,11-12,16-17H,3-8,10H2,1-2H3/b14-9+. The van der Waals surface area contributed by atoms with Crippen molar-refractivity contribution in [2.45, 2.75) is 58.4 Å². The number of rotatable bonds is 4. The van der Waals surface area contributed by atoms with Gasteiger partial charge >= 0.3 is 0 Å². The van der Waals surface area contributed by atoms with Crippen LogP contribution in [0.25, 0.3) is 0 Å². The fraction of sp³-hybridized carbons (Fsp3) is 0.625. The molecule has 1 aliphatic carbocycles. The van der Waals surface area contributed by atoms with Crippen molar-refractivity contribution in [3.63, 3.8) is 0 Å². The number of nitrogens with zero attached hydrogens (tertiary/aromatic N) is 2. The summed E-state index contributed by atoms with van der Waals surface area (Å²) in [6, 6.07) is 2.31. The van der Waals surface area contributed by atoms with Crippen LogP contribution in [0, 0.1) is 6.92 Å². The maximum Gasteiger partial charge on any atom is 0.125 e. The molecule has 0 spiro atoms. The second-order valence-electron chi connectivity index (χ2n) is 5.25. The van der Waals surface area contributed by atoms with Crippen LogP contribution in [0.4, 0.5) is 0 Å². The Morgan fingerprint density at radius 3 is 2.89 bits per heavy atom. The molecule has 0 saturated carbocycles. The van der Waals surface area contributed by atoms with Crippen LogP contribution < -0.4 is 5.32 Å². The first-order valence-corrected chi connectivity index (χ1v) is 7.53. The van der Waals surface area contributed by atoms with Crippen molar-refractivity contribution >= 4 is 0 Å². The van der Waals surface area contributed by atoms with Gasteiger partial charge in [0.2, 0.25) is 0 Å². The van der Waals surface area contributed by atoms with E-state index in [1.165, 1.54) is 44.1 Å². The van der Waals surface area contributed by atoms with Crippen molar-refractivity contribution in [1.29, 1.82) is 0 Å². The minimum absolute atomic E-state index is 0.268. The van der Waals surface area contributed by atoms with E-state index in [-0.39, 0.29) is 6.04 Å². The van der Waals surface area contributed by atoms with Crippen molar-refractivity contribution < 1.29 is 0 Å². The first-order chi connectivity index (χ1) is 9.31. The van der Waals surface area contributed by atoms with Crippen molar-refractivity contribution in [2.24, 2.45) is 0 Å². The highest BCUT2D eigenvalue weighted by molar-refractivity contribution is 5.22. The lowest BCUT2D eigenvalue weighted by molar-refractivity contribution is 0.544. The zero-order chi connectivity index (χ0) is 13.5. The van der Waals surface area contributed by atoms with E-state index < -0.39 is 0 Å². The predicted molar refractivity (Wildman–Crippen MR) is 79.0 cm³/mol. The fourth-order valence-electron chi connectivity index (χ4n) is 2.74. The molecule has 1 atom stereocenters. The molecule has 1 unspecified atom stereocenters. The van der Waals surface area contributed by atoms with E-state index in [9.17, 15) is 0 Å². The van der Waals surface area contributed by atoms with Gasteiger partial charge in [0.15, 0.2) is 0 Å². The highest BCUT2D eigenvalue weighted by atomic mass is 15.0. The normalized spacial score (nSPS) is 21.1. The zero-order valence-electron chi connectivity index (χ0n) is 12.2. The molecule has 3 heteroatoms. The van der Waals surface area contributed by atoms with Crippen LogP contribution in [0.5, 0.6) is 0 Å². The Kier molecular flexibility index (Phi) is 5.52. The summed E-state index contributed by atoms with van der Waals surface area (Å²) in [5, 5.41) is 3.59. The number of allylic oxidation sites excluding steroid dienone is 1. The third kappa shape index (κ3) is 4.13. The van der Waals surface area contributed by atoms with E-state index in [2.05, 4.69) is 28.3 Å².